The molecule has 3 unspecified atom stereocenters. The Hall–Kier alpha value is -0.900. The molecule has 3 atom stereocenters. The molecule has 0 radical (unpaired) electrons. The summed E-state index contributed by atoms with van der Waals surface area (Å²) in [4.78, 5) is 2.59. The monoisotopic (exact) mass is 262 g/mol. The molecule has 0 spiro atoms. The number of benzene rings is 1. The molecule has 1 aliphatic rings. The van der Waals surface area contributed by atoms with Crippen molar-refractivity contribution in [2.45, 2.75) is 38.4 Å². The van der Waals surface area contributed by atoms with Crippen LogP contribution in [-0.2, 0) is 4.74 Å². The van der Waals surface area contributed by atoms with Gasteiger partial charge in [-0.2, -0.15) is 0 Å². The number of nitrogens with one attached hydrogen (secondary N) is 1. The second kappa shape index (κ2) is 7.04. The molecule has 1 N–H and O–H groups in total. The predicted octanol–water partition coefficient (Wildman–Crippen LogP) is 2.45. The fraction of sp³-hybridized carbons (Fsp3) is 0.625. The van der Waals surface area contributed by atoms with Crippen LogP contribution in [0.2, 0.25) is 0 Å². The Morgan fingerprint density at radius 1 is 1.37 bits per heavy atom. The molecule has 0 bridgehead atoms. The third-order valence-electron chi connectivity index (χ3n) is 4.12. The normalized spacial score (nSPS) is 24.1. The Morgan fingerprint density at radius 3 is 2.68 bits per heavy atom. The van der Waals surface area contributed by atoms with Crippen molar-refractivity contribution in [2.24, 2.45) is 0 Å². The SMILES string of the molecule is CCC(C(NC)c1ccccc1)N1CCOCC1C. The highest BCUT2D eigenvalue weighted by molar-refractivity contribution is 5.20. The zero-order valence-corrected chi connectivity index (χ0v) is 12.3. The van der Waals surface area contributed by atoms with Crippen molar-refractivity contribution in [2.75, 3.05) is 26.8 Å². The molecular weight excluding hydrogens is 236 g/mol. The third-order valence-corrected chi connectivity index (χ3v) is 4.12. The van der Waals surface area contributed by atoms with E-state index in [0.717, 1.165) is 26.2 Å². The summed E-state index contributed by atoms with van der Waals surface area (Å²) >= 11 is 0. The van der Waals surface area contributed by atoms with Crippen LogP contribution in [0.3, 0.4) is 0 Å². The van der Waals surface area contributed by atoms with Gasteiger partial charge in [0.25, 0.3) is 0 Å². The molecule has 1 aliphatic heterocycles. The van der Waals surface area contributed by atoms with Crippen molar-refractivity contribution >= 4 is 0 Å². The van der Waals surface area contributed by atoms with Gasteiger partial charge in [-0.15, -0.1) is 0 Å². The third kappa shape index (κ3) is 3.35. The summed E-state index contributed by atoms with van der Waals surface area (Å²) in [6.45, 7) is 7.28. The molecule has 0 aromatic heterocycles. The predicted molar refractivity (Wildman–Crippen MR) is 79.3 cm³/mol. The number of likely N-dealkylation sites (N-methyl/N-ethyl adjacent to an activating group) is 1. The van der Waals surface area contributed by atoms with E-state index in [1.54, 1.807) is 0 Å². The topological polar surface area (TPSA) is 24.5 Å². The fourth-order valence-electron chi connectivity index (χ4n) is 3.14. The van der Waals surface area contributed by atoms with Gasteiger partial charge in [0.15, 0.2) is 0 Å². The standard InChI is InChI=1S/C16H26N2O/c1-4-15(18-10-11-19-12-13(18)2)16(17-3)14-8-6-5-7-9-14/h5-9,13,15-17H,4,10-12H2,1-3H3. The zero-order valence-electron chi connectivity index (χ0n) is 12.3. The van der Waals surface area contributed by atoms with Crippen molar-refractivity contribution < 1.29 is 4.74 Å². The van der Waals surface area contributed by atoms with Gasteiger partial charge in [-0.05, 0) is 26.0 Å². The highest BCUT2D eigenvalue weighted by atomic mass is 16.5. The van der Waals surface area contributed by atoms with Crippen LogP contribution in [0.5, 0.6) is 0 Å². The van der Waals surface area contributed by atoms with E-state index in [4.69, 9.17) is 4.74 Å². The smallest absolute Gasteiger partial charge is 0.0619 e. The molecule has 2 rings (SSSR count). The molecule has 1 heterocycles. The van der Waals surface area contributed by atoms with Gasteiger partial charge < -0.3 is 10.1 Å². The maximum atomic E-state index is 5.56. The number of hydrogen-bond acceptors (Lipinski definition) is 3. The Labute approximate surface area is 116 Å². The summed E-state index contributed by atoms with van der Waals surface area (Å²) in [5.41, 5.74) is 1.37. The summed E-state index contributed by atoms with van der Waals surface area (Å²) in [6, 6.07) is 12.2. The van der Waals surface area contributed by atoms with Gasteiger partial charge in [0, 0.05) is 24.7 Å². The van der Waals surface area contributed by atoms with E-state index < -0.39 is 0 Å². The lowest BCUT2D eigenvalue weighted by molar-refractivity contribution is -0.0304. The van der Waals surface area contributed by atoms with E-state index in [-0.39, 0.29) is 0 Å². The highest BCUT2D eigenvalue weighted by Crippen LogP contribution is 2.26. The van der Waals surface area contributed by atoms with E-state index >= 15 is 0 Å². The Kier molecular flexibility index (Phi) is 5.37. The summed E-state index contributed by atoms with van der Waals surface area (Å²) in [6.07, 6.45) is 1.14. The summed E-state index contributed by atoms with van der Waals surface area (Å²) in [5, 5.41) is 3.50. The van der Waals surface area contributed by atoms with Gasteiger partial charge in [0.05, 0.1) is 13.2 Å². The number of hydrogen-bond donors (Lipinski definition) is 1. The molecular formula is C16H26N2O. The lowest BCUT2D eigenvalue weighted by atomic mass is 9.94. The van der Waals surface area contributed by atoms with Gasteiger partial charge >= 0.3 is 0 Å². The van der Waals surface area contributed by atoms with Gasteiger partial charge in [-0.3, -0.25) is 4.90 Å². The summed E-state index contributed by atoms with van der Waals surface area (Å²) in [7, 11) is 2.06. The first-order chi connectivity index (χ1) is 9.27. The molecule has 0 saturated carbocycles. The Bertz CT molecular complexity index is 368. The Morgan fingerprint density at radius 2 is 2.11 bits per heavy atom. The largest absolute Gasteiger partial charge is 0.379 e. The van der Waals surface area contributed by atoms with Gasteiger partial charge in [-0.25, -0.2) is 0 Å². The number of nitrogens with zero attached hydrogens (tertiary/aromatic N) is 1. The molecule has 19 heavy (non-hydrogen) atoms. The average Bonchev–Trinajstić information content (AvgIpc) is 2.46. The first-order valence-electron chi connectivity index (χ1n) is 7.33. The van der Waals surface area contributed by atoms with E-state index in [9.17, 15) is 0 Å². The molecule has 3 nitrogen and oxygen atoms in total. The molecule has 106 valence electrons. The lowest BCUT2D eigenvalue weighted by Crippen LogP contribution is -2.53. The van der Waals surface area contributed by atoms with E-state index in [2.05, 4.69) is 61.4 Å². The minimum atomic E-state index is 0.381. The van der Waals surface area contributed by atoms with Crippen LogP contribution in [-0.4, -0.2) is 43.8 Å². The number of rotatable bonds is 5. The van der Waals surface area contributed by atoms with Gasteiger partial charge in [-0.1, -0.05) is 37.3 Å². The van der Waals surface area contributed by atoms with E-state index in [1.165, 1.54) is 5.56 Å². The number of ether oxygens (including phenoxy) is 1. The van der Waals surface area contributed by atoms with Crippen molar-refractivity contribution in [3.05, 3.63) is 35.9 Å². The second-order valence-electron chi connectivity index (χ2n) is 5.31. The first kappa shape index (κ1) is 14.5. The minimum absolute atomic E-state index is 0.381. The van der Waals surface area contributed by atoms with Crippen molar-refractivity contribution in [1.29, 1.82) is 0 Å². The molecule has 0 aliphatic carbocycles. The van der Waals surface area contributed by atoms with Gasteiger partial charge in [0.2, 0.25) is 0 Å². The van der Waals surface area contributed by atoms with Crippen LogP contribution in [0.1, 0.15) is 31.9 Å². The average molecular weight is 262 g/mol. The molecule has 1 saturated heterocycles. The van der Waals surface area contributed by atoms with Crippen LogP contribution < -0.4 is 5.32 Å². The number of morpholine rings is 1. The van der Waals surface area contributed by atoms with Gasteiger partial charge in [0.1, 0.15) is 0 Å². The quantitative estimate of drug-likeness (QED) is 0.882. The Balaban J connectivity index is 2.18. The highest BCUT2D eigenvalue weighted by Gasteiger charge is 2.31. The van der Waals surface area contributed by atoms with Crippen LogP contribution in [0, 0.1) is 0 Å². The van der Waals surface area contributed by atoms with Crippen molar-refractivity contribution in [3.63, 3.8) is 0 Å². The second-order valence-corrected chi connectivity index (χ2v) is 5.31. The zero-order chi connectivity index (χ0) is 13.7. The first-order valence-corrected chi connectivity index (χ1v) is 7.33. The van der Waals surface area contributed by atoms with Crippen LogP contribution in [0.15, 0.2) is 30.3 Å². The summed E-state index contributed by atoms with van der Waals surface area (Å²) < 4.78 is 5.56. The molecule has 0 amide bonds. The summed E-state index contributed by atoms with van der Waals surface area (Å²) in [5.74, 6) is 0. The maximum Gasteiger partial charge on any atom is 0.0619 e. The minimum Gasteiger partial charge on any atom is -0.379 e. The van der Waals surface area contributed by atoms with E-state index in [1.807, 2.05) is 0 Å². The fourth-order valence-corrected chi connectivity index (χ4v) is 3.14. The molecule has 1 aromatic carbocycles. The van der Waals surface area contributed by atoms with Crippen molar-refractivity contribution in [1.82, 2.24) is 10.2 Å². The molecule has 1 fully saturated rings. The van der Waals surface area contributed by atoms with Crippen LogP contribution in [0.25, 0.3) is 0 Å². The molecule has 3 heteroatoms. The molecule has 1 aromatic rings. The lowest BCUT2D eigenvalue weighted by Gasteiger charge is -2.42. The maximum absolute atomic E-state index is 5.56. The van der Waals surface area contributed by atoms with Crippen molar-refractivity contribution in [3.8, 4) is 0 Å². The van der Waals surface area contributed by atoms with E-state index in [0.29, 0.717) is 18.1 Å². The van der Waals surface area contributed by atoms with Crippen LogP contribution >= 0.6 is 0 Å². The van der Waals surface area contributed by atoms with Crippen LogP contribution in [0.4, 0.5) is 0 Å².